The minimum atomic E-state index is -0.261. The number of nitrogens with one attached hydrogen (secondary N) is 1. The molecule has 0 saturated heterocycles. The van der Waals surface area contributed by atoms with Crippen LogP contribution in [0.2, 0.25) is 5.02 Å². The molecule has 3 aromatic rings. The van der Waals surface area contributed by atoms with Gasteiger partial charge in [0.2, 0.25) is 5.91 Å². The molecular weight excluding hydrogens is 394 g/mol. The number of fused-ring (bicyclic) bond motifs is 1. The van der Waals surface area contributed by atoms with Crippen molar-refractivity contribution in [1.82, 2.24) is 14.9 Å². The van der Waals surface area contributed by atoms with Crippen molar-refractivity contribution in [2.24, 2.45) is 0 Å². The fourth-order valence-corrected chi connectivity index (χ4v) is 2.74. The number of nitrogens with zero attached hydrogens (tertiary/aromatic N) is 2. The van der Waals surface area contributed by atoms with Crippen LogP contribution in [0, 0.1) is 0 Å². The first-order chi connectivity index (χ1) is 11.5. The second-order valence-electron chi connectivity index (χ2n) is 5.24. The summed E-state index contributed by atoms with van der Waals surface area (Å²) in [4.78, 5) is 28.7. The van der Waals surface area contributed by atoms with Crippen LogP contribution in [0.4, 0.5) is 0 Å². The van der Waals surface area contributed by atoms with Gasteiger partial charge in [0.1, 0.15) is 6.54 Å². The molecule has 1 N–H and O–H groups in total. The van der Waals surface area contributed by atoms with E-state index in [1.165, 1.54) is 10.9 Å². The van der Waals surface area contributed by atoms with Gasteiger partial charge in [0.05, 0.1) is 17.2 Å². The van der Waals surface area contributed by atoms with Crippen molar-refractivity contribution in [1.29, 1.82) is 0 Å². The normalized spacial score (nSPS) is 10.8. The molecule has 1 aromatic heterocycles. The number of amides is 1. The van der Waals surface area contributed by atoms with Gasteiger partial charge in [0, 0.05) is 16.0 Å². The number of carbonyl (C=O) groups excluding carboxylic acids is 1. The lowest BCUT2D eigenvalue weighted by atomic mass is 10.2. The van der Waals surface area contributed by atoms with Crippen molar-refractivity contribution in [3.05, 3.63) is 74.2 Å². The van der Waals surface area contributed by atoms with E-state index in [1.54, 1.807) is 24.3 Å². The largest absolute Gasteiger partial charge is 0.350 e. The van der Waals surface area contributed by atoms with E-state index < -0.39 is 0 Å². The van der Waals surface area contributed by atoms with E-state index >= 15 is 0 Å². The quantitative estimate of drug-likeness (QED) is 0.724. The van der Waals surface area contributed by atoms with Crippen LogP contribution < -0.4 is 10.9 Å². The van der Waals surface area contributed by atoms with Crippen LogP contribution >= 0.6 is 27.5 Å². The lowest BCUT2D eigenvalue weighted by Gasteiger charge is -2.08. The summed E-state index contributed by atoms with van der Waals surface area (Å²) in [5, 5.41) is 3.89. The van der Waals surface area contributed by atoms with E-state index in [2.05, 4.69) is 26.2 Å². The highest BCUT2D eigenvalue weighted by molar-refractivity contribution is 9.10. The average Bonchev–Trinajstić information content (AvgIpc) is 2.57. The predicted octanol–water partition coefficient (Wildman–Crippen LogP) is 3.13. The van der Waals surface area contributed by atoms with Crippen LogP contribution in [0.15, 0.2) is 58.1 Å². The Morgan fingerprint density at radius 2 is 1.96 bits per heavy atom. The second-order valence-corrected chi connectivity index (χ2v) is 6.59. The van der Waals surface area contributed by atoms with Crippen molar-refractivity contribution in [3.63, 3.8) is 0 Å². The Kier molecular flexibility index (Phi) is 4.97. The van der Waals surface area contributed by atoms with E-state index in [1.807, 2.05) is 18.2 Å². The molecule has 24 heavy (non-hydrogen) atoms. The Balaban J connectivity index is 1.72. The number of hydrogen-bond acceptors (Lipinski definition) is 3. The van der Waals surface area contributed by atoms with Crippen molar-refractivity contribution in [3.8, 4) is 0 Å². The summed E-state index contributed by atoms with van der Waals surface area (Å²) in [6.45, 7) is 0.291. The maximum atomic E-state index is 12.4. The SMILES string of the molecule is O=C(Cn1cnc2ccc(Br)cc2c1=O)NCc1ccc(Cl)cc1. The van der Waals surface area contributed by atoms with Gasteiger partial charge >= 0.3 is 0 Å². The van der Waals surface area contributed by atoms with Crippen LogP contribution in [-0.4, -0.2) is 15.5 Å². The molecule has 0 spiro atoms. The molecule has 0 bridgehead atoms. The summed E-state index contributed by atoms with van der Waals surface area (Å²) >= 11 is 9.16. The zero-order chi connectivity index (χ0) is 17.1. The Bertz CT molecular complexity index is 954. The Morgan fingerprint density at radius 3 is 2.71 bits per heavy atom. The zero-order valence-corrected chi connectivity index (χ0v) is 14.8. The zero-order valence-electron chi connectivity index (χ0n) is 12.5. The highest BCUT2D eigenvalue weighted by atomic mass is 79.9. The van der Waals surface area contributed by atoms with E-state index in [4.69, 9.17) is 11.6 Å². The molecule has 1 amide bonds. The molecule has 7 heteroatoms. The molecule has 0 aliphatic carbocycles. The van der Waals surface area contributed by atoms with Gasteiger partial charge in [-0.2, -0.15) is 0 Å². The number of hydrogen-bond donors (Lipinski definition) is 1. The summed E-state index contributed by atoms with van der Waals surface area (Å²) in [7, 11) is 0. The Hall–Kier alpha value is -2.18. The van der Waals surface area contributed by atoms with E-state index in [0.717, 1.165) is 10.0 Å². The molecule has 0 saturated carbocycles. The molecule has 0 fully saturated rings. The summed E-state index contributed by atoms with van der Waals surface area (Å²) in [5.74, 6) is -0.261. The molecule has 2 aromatic carbocycles. The maximum absolute atomic E-state index is 12.4. The topological polar surface area (TPSA) is 64.0 Å². The molecule has 0 atom stereocenters. The van der Waals surface area contributed by atoms with Crippen molar-refractivity contribution >= 4 is 44.3 Å². The van der Waals surface area contributed by atoms with Crippen molar-refractivity contribution in [2.45, 2.75) is 13.1 Å². The lowest BCUT2D eigenvalue weighted by Crippen LogP contribution is -2.32. The highest BCUT2D eigenvalue weighted by Crippen LogP contribution is 2.14. The second kappa shape index (κ2) is 7.15. The van der Waals surface area contributed by atoms with Crippen LogP contribution in [0.3, 0.4) is 0 Å². The third-order valence-corrected chi connectivity index (χ3v) is 4.25. The summed E-state index contributed by atoms with van der Waals surface area (Å²) < 4.78 is 2.09. The molecular formula is C17H13BrClN3O2. The third kappa shape index (κ3) is 3.83. The fourth-order valence-electron chi connectivity index (χ4n) is 2.26. The maximum Gasteiger partial charge on any atom is 0.261 e. The van der Waals surface area contributed by atoms with Gasteiger partial charge in [-0.25, -0.2) is 4.98 Å². The predicted molar refractivity (Wildman–Crippen MR) is 97.0 cm³/mol. The first-order valence-corrected chi connectivity index (χ1v) is 8.36. The van der Waals surface area contributed by atoms with E-state index in [9.17, 15) is 9.59 Å². The van der Waals surface area contributed by atoms with Crippen LogP contribution in [0.5, 0.6) is 0 Å². The van der Waals surface area contributed by atoms with Crippen molar-refractivity contribution in [2.75, 3.05) is 0 Å². The minimum Gasteiger partial charge on any atom is -0.350 e. The van der Waals surface area contributed by atoms with E-state index in [0.29, 0.717) is 22.5 Å². The molecule has 3 rings (SSSR count). The number of rotatable bonds is 4. The molecule has 0 radical (unpaired) electrons. The number of benzene rings is 2. The van der Waals surface area contributed by atoms with Gasteiger partial charge in [-0.05, 0) is 35.9 Å². The number of carbonyl (C=O) groups is 1. The number of halogens is 2. The molecule has 122 valence electrons. The molecule has 0 aliphatic heterocycles. The van der Waals surface area contributed by atoms with Gasteiger partial charge in [-0.3, -0.25) is 14.2 Å². The minimum absolute atomic E-state index is 0.0815. The van der Waals surface area contributed by atoms with Gasteiger partial charge in [-0.15, -0.1) is 0 Å². The first-order valence-electron chi connectivity index (χ1n) is 7.19. The Morgan fingerprint density at radius 1 is 1.21 bits per heavy atom. The van der Waals surface area contributed by atoms with Crippen molar-refractivity contribution < 1.29 is 4.79 Å². The standard InChI is InChI=1S/C17H13BrClN3O2/c18-12-3-6-15-14(7-12)17(24)22(10-21-15)9-16(23)20-8-11-1-4-13(19)5-2-11/h1-7,10H,8-9H2,(H,20,23). The Labute approximate surface area is 151 Å². The summed E-state index contributed by atoms with van der Waals surface area (Å²) in [5.41, 5.74) is 1.28. The monoisotopic (exact) mass is 405 g/mol. The van der Waals surface area contributed by atoms with Gasteiger partial charge in [0.15, 0.2) is 0 Å². The fraction of sp³-hybridized carbons (Fsp3) is 0.118. The van der Waals surface area contributed by atoms with Gasteiger partial charge < -0.3 is 5.32 Å². The lowest BCUT2D eigenvalue weighted by molar-refractivity contribution is -0.121. The van der Waals surface area contributed by atoms with Crippen LogP contribution in [-0.2, 0) is 17.9 Å². The van der Waals surface area contributed by atoms with E-state index in [-0.39, 0.29) is 18.0 Å². The first kappa shape index (κ1) is 16.7. The molecule has 1 heterocycles. The van der Waals surface area contributed by atoms with Crippen LogP contribution in [0.25, 0.3) is 10.9 Å². The summed E-state index contributed by atoms with van der Waals surface area (Å²) in [6.07, 6.45) is 1.39. The average molecular weight is 407 g/mol. The third-order valence-electron chi connectivity index (χ3n) is 3.50. The van der Waals surface area contributed by atoms with Gasteiger partial charge in [0.25, 0.3) is 5.56 Å². The summed E-state index contributed by atoms with van der Waals surface area (Å²) in [6, 6.07) is 12.5. The van der Waals surface area contributed by atoms with Gasteiger partial charge in [-0.1, -0.05) is 39.7 Å². The highest BCUT2D eigenvalue weighted by Gasteiger charge is 2.08. The van der Waals surface area contributed by atoms with Crippen LogP contribution in [0.1, 0.15) is 5.56 Å². The molecule has 0 aliphatic rings. The molecule has 5 nitrogen and oxygen atoms in total. The number of aromatic nitrogens is 2. The molecule has 0 unspecified atom stereocenters. The smallest absolute Gasteiger partial charge is 0.261 e.